The Morgan fingerprint density at radius 3 is 1.17 bits per heavy atom. The Balaban J connectivity index is 0. The summed E-state index contributed by atoms with van der Waals surface area (Å²) in [5.41, 5.74) is 0. The standard InChI is InChI=1S/C6H14.C5H11Cl/c1-3-5-6-4-2;1-2-3-4-5-6/h3-6H2,1-2H3;2-5H2,1H3. The third-order valence-electron chi connectivity index (χ3n) is 1.69. The highest BCUT2D eigenvalue weighted by Crippen LogP contribution is 1.95. The molecule has 0 unspecified atom stereocenters. The van der Waals surface area contributed by atoms with E-state index in [1.54, 1.807) is 0 Å². The van der Waals surface area contributed by atoms with Crippen molar-refractivity contribution in [3.63, 3.8) is 0 Å². The van der Waals surface area contributed by atoms with E-state index in [0.717, 1.165) is 5.88 Å². The third-order valence-corrected chi connectivity index (χ3v) is 1.96. The van der Waals surface area contributed by atoms with E-state index < -0.39 is 0 Å². The van der Waals surface area contributed by atoms with Crippen molar-refractivity contribution in [3.05, 3.63) is 0 Å². The maximum Gasteiger partial charge on any atom is 0.0223 e. The van der Waals surface area contributed by atoms with Crippen LogP contribution < -0.4 is 0 Å². The second-order valence-electron chi connectivity index (χ2n) is 3.10. The maximum absolute atomic E-state index is 5.38. The van der Waals surface area contributed by atoms with Crippen LogP contribution >= 0.6 is 11.6 Å². The Morgan fingerprint density at radius 2 is 1.00 bits per heavy atom. The fraction of sp³-hybridized carbons (Fsp3) is 1.00. The van der Waals surface area contributed by atoms with Crippen LogP contribution in [0.4, 0.5) is 0 Å². The predicted octanol–water partition coefficient (Wildman–Crippen LogP) is 5.00. The Labute approximate surface area is 83.7 Å². The first-order valence-corrected chi connectivity index (χ1v) is 5.92. The van der Waals surface area contributed by atoms with Crippen LogP contribution in [0.25, 0.3) is 0 Å². The quantitative estimate of drug-likeness (QED) is 0.410. The molecule has 12 heavy (non-hydrogen) atoms. The molecule has 0 aromatic heterocycles. The lowest BCUT2D eigenvalue weighted by atomic mass is 10.2. The molecule has 0 aromatic rings. The fourth-order valence-electron chi connectivity index (χ4n) is 0.844. The highest BCUT2D eigenvalue weighted by molar-refractivity contribution is 6.17. The number of hydrogen-bond acceptors (Lipinski definition) is 0. The summed E-state index contributed by atoms with van der Waals surface area (Å²) >= 11 is 5.38. The van der Waals surface area contributed by atoms with Crippen molar-refractivity contribution in [2.45, 2.75) is 65.7 Å². The van der Waals surface area contributed by atoms with E-state index in [2.05, 4.69) is 20.8 Å². The molecule has 0 bridgehead atoms. The summed E-state index contributed by atoms with van der Waals surface area (Å²) < 4.78 is 0. The normalized spacial score (nSPS) is 9.00. The van der Waals surface area contributed by atoms with Gasteiger partial charge in [-0.2, -0.15) is 0 Å². The monoisotopic (exact) mass is 192 g/mol. The second-order valence-corrected chi connectivity index (χ2v) is 3.48. The summed E-state index contributed by atoms with van der Waals surface area (Å²) in [5, 5.41) is 0. The van der Waals surface area contributed by atoms with Crippen molar-refractivity contribution in [3.8, 4) is 0 Å². The minimum absolute atomic E-state index is 0.827. The molecule has 76 valence electrons. The van der Waals surface area contributed by atoms with Crippen molar-refractivity contribution in [2.75, 3.05) is 5.88 Å². The molecule has 0 saturated heterocycles. The first kappa shape index (κ1) is 14.8. The number of rotatable bonds is 6. The van der Waals surface area contributed by atoms with Crippen molar-refractivity contribution < 1.29 is 0 Å². The molecule has 0 heterocycles. The molecule has 0 radical (unpaired) electrons. The van der Waals surface area contributed by atoms with E-state index in [4.69, 9.17) is 11.6 Å². The summed E-state index contributed by atoms with van der Waals surface area (Å²) in [6.07, 6.45) is 9.27. The molecule has 0 saturated carbocycles. The van der Waals surface area contributed by atoms with Crippen molar-refractivity contribution in [1.82, 2.24) is 0 Å². The van der Waals surface area contributed by atoms with Gasteiger partial charge in [0, 0.05) is 5.88 Å². The van der Waals surface area contributed by atoms with Crippen LogP contribution in [-0.2, 0) is 0 Å². The summed E-state index contributed by atoms with van der Waals surface area (Å²) in [5.74, 6) is 0.827. The average molecular weight is 193 g/mol. The van der Waals surface area contributed by atoms with Gasteiger partial charge in [0.05, 0.1) is 0 Å². The zero-order chi connectivity index (χ0) is 9.66. The van der Waals surface area contributed by atoms with Gasteiger partial charge in [-0.1, -0.05) is 59.3 Å². The summed E-state index contributed by atoms with van der Waals surface area (Å²) in [6, 6.07) is 0. The topological polar surface area (TPSA) is 0 Å². The van der Waals surface area contributed by atoms with E-state index in [1.165, 1.54) is 44.9 Å². The molecule has 0 aliphatic heterocycles. The highest BCUT2D eigenvalue weighted by Gasteiger charge is 1.77. The molecule has 0 atom stereocenters. The summed E-state index contributed by atoms with van der Waals surface area (Å²) in [7, 11) is 0. The lowest BCUT2D eigenvalue weighted by Crippen LogP contribution is -1.70. The molecule has 0 aromatic carbocycles. The Morgan fingerprint density at radius 1 is 0.667 bits per heavy atom. The Kier molecular flexibility index (Phi) is 21.4. The van der Waals surface area contributed by atoms with Gasteiger partial charge in [-0.15, -0.1) is 11.6 Å². The number of hydrogen-bond donors (Lipinski definition) is 0. The molecular formula is C11H25Cl. The van der Waals surface area contributed by atoms with Crippen LogP contribution in [0.3, 0.4) is 0 Å². The van der Waals surface area contributed by atoms with E-state index in [9.17, 15) is 0 Å². The van der Waals surface area contributed by atoms with E-state index in [0.29, 0.717) is 0 Å². The lowest BCUT2D eigenvalue weighted by Gasteiger charge is -1.86. The third kappa shape index (κ3) is 22.4. The number of unbranched alkanes of at least 4 members (excludes halogenated alkanes) is 5. The predicted molar refractivity (Wildman–Crippen MR) is 60.1 cm³/mol. The van der Waals surface area contributed by atoms with E-state index >= 15 is 0 Å². The van der Waals surface area contributed by atoms with E-state index in [-0.39, 0.29) is 0 Å². The van der Waals surface area contributed by atoms with Gasteiger partial charge in [-0.05, 0) is 6.42 Å². The molecule has 0 aliphatic carbocycles. The molecule has 0 aliphatic rings. The Bertz CT molecular complexity index is 37.0. The van der Waals surface area contributed by atoms with Gasteiger partial charge < -0.3 is 0 Å². The molecule has 0 amide bonds. The largest absolute Gasteiger partial charge is 0.127 e. The van der Waals surface area contributed by atoms with Crippen LogP contribution in [0.2, 0.25) is 0 Å². The SMILES string of the molecule is CCCCCC.CCCCCCl. The lowest BCUT2D eigenvalue weighted by molar-refractivity contribution is 0.702. The van der Waals surface area contributed by atoms with Crippen LogP contribution in [0.1, 0.15) is 65.7 Å². The van der Waals surface area contributed by atoms with E-state index in [1.807, 2.05) is 0 Å². The molecule has 0 fully saturated rings. The van der Waals surface area contributed by atoms with Gasteiger partial charge in [0.1, 0.15) is 0 Å². The fourth-order valence-corrected chi connectivity index (χ4v) is 1.03. The Hall–Kier alpha value is 0.290. The minimum Gasteiger partial charge on any atom is -0.127 e. The first-order valence-electron chi connectivity index (χ1n) is 5.39. The van der Waals surface area contributed by atoms with Gasteiger partial charge in [-0.3, -0.25) is 0 Å². The summed E-state index contributed by atoms with van der Waals surface area (Å²) in [6.45, 7) is 6.64. The van der Waals surface area contributed by atoms with Gasteiger partial charge in [-0.25, -0.2) is 0 Å². The van der Waals surface area contributed by atoms with Crippen LogP contribution in [0.15, 0.2) is 0 Å². The smallest absolute Gasteiger partial charge is 0.0223 e. The molecule has 1 heteroatoms. The zero-order valence-corrected chi connectivity index (χ0v) is 9.79. The maximum atomic E-state index is 5.38. The van der Waals surface area contributed by atoms with Crippen molar-refractivity contribution in [1.29, 1.82) is 0 Å². The van der Waals surface area contributed by atoms with Gasteiger partial charge >= 0.3 is 0 Å². The first-order chi connectivity index (χ1) is 5.83. The molecule has 0 rings (SSSR count). The van der Waals surface area contributed by atoms with Gasteiger partial charge in [0.2, 0.25) is 0 Å². The minimum atomic E-state index is 0.827. The molecule has 0 N–H and O–H groups in total. The highest BCUT2D eigenvalue weighted by atomic mass is 35.5. The number of alkyl halides is 1. The average Bonchev–Trinajstić information content (AvgIpc) is 2.12. The van der Waals surface area contributed by atoms with Gasteiger partial charge in [0.25, 0.3) is 0 Å². The summed E-state index contributed by atoms with van der Waals surface area (Å²) in [4.78, 5) is 0. The molecule has 0 spiro atoms. The van der Waals surface area contributed by atoms with Crippen molar-refractivity contribution >= 4 is 11.6 Å². The van der Waals surface area contributed by atoms with Crippen LogP contribution in [0, 0.1) is 0 Å². The van der Waals surface area contributed by atoms with Crippen molar-refractivity contribution in [2.24, 2.45) is 0 Å². The van der Waals surface area contributed by atoms with Gasteiger partial charge in [0.15, 0.2) is 0 Å². The zero-order valence-electron chi connectivity index (χ0n) is 9.03. The van der Waals surface area contributed by atoms with Crippen LogP contribution in [-0.4, -0.2) is 5.88 Å². The molecule has 0 nitrogen and oxygen atoms in total. The second kappa shape index (κ2) is 17.4. The molecular weight excluding hydrogens is 168 g/mol. The van der Waals surface area contributed by atoms with Crippen LogP contribution in [0.5, 0.6) is 0 Å². The number of halogens is 1.